The molecule has 1 rings (SSSR count). The molecule has 5 heteroatoms. The Morgan fingerprint density at radius 3 is 2.64 bits per heavy atom. The largest absolute Gasteiger partial charge is 0.494 e. The molecule has 0 heterocycles. The van der Waals surface area contributed by atoms with Crippen molar-refractivity contribution in [1.29, 1.82) is 0 Å². The topological polar surface area (TPSA) is 52.3 Å². The predicted octanol–water partition coefficient (Wildman–Crippen LogP) is 1.75. The summed E-state index contributed by atoms with van der Waals surface area (Å²) in [6.45, 7) is 2.25. The van der Waals surface area contributed by atoms with Crippen LogP contribution < -0.4 is 10.5 Å². The summed E-state index contributed by atoms with van der Waals surface area (Å²) >= 11 is 0. The molecule has 0 unspecified atom stereocenters. The summed E-state index contributed by atoms with van der Waals surface area (Å²) in [5.74, 6) is -1.04. The highest BCUT2D eigenvalue weighted by molar-refractivity contribution is 5.93. The van der Waals surface area contributed by atoms with Crippen LogP contribution in [-0.2, 0) is 0 Å². The summed E-state index contributed by atoms with van der Waals surface area (Å²) in [6.07, 6.45) is 0. The van der Waals surface area contributed by atoms with Crippen LogP contribution >= 0.6 is 12.4 Å². The average Bonchev–Trinajstić information content (AvgIpc) is 2.04. The number of rotatable bonds is 3. The van der Waals surface area contributed by atoms with Crippen LogP contribution in [0.1, 0.15) is 17.3 Å². The molecule has 0 fully saturated rings. The first-order valence-electron chi connectivity index (χ1n) is 3.87. The molecule has 0 saturated carbocycles. The lowest BCUT2D eigenvalue weighted by Gasteiger charge is -2.03. The molecule has 1 aromatic rings. The molecule has 0 aliphatic carbocycles. The fourth-order valence-corrected chi connectivity index (χ4v) is 0.952. The van der Waals surface area contributed by atoms with Gasteiger partial charge in [0.15, 0.2) is 0 Å². The number of nitrogens with two attached hydrogens (primary N) is 1. The Morgan fingerprint density at radius 2 is 2.21 bits per heavy atom. The zero-order valence-electron chi connectivity index (χ0n) is 7.62. The molecule has 0 atom stereocenters. The van der Waals surface area contributed by atoms with E-state index in [-0.39, 0.29) is 18.0 Å². The van der Waals surface area contributed by atoms with Crippen molar-refractivity contribution in [2.75, 3.05) is 6.61 Å². The van der Waals surface area contributed by atoms with Gasteiger partial charge in [0.05, 0.1) is 12.2 Å². The van der Waals surface area contributed by atoms with Crippen molar-refractivity contribution >= 4 is 18.3 Å². The van der Waals surface area contributed by atoms with Crippen LogP contribution in [0.25, 0.3) is 0 Å². The number of hydrogen-bond donors (Lipinski definition) is 1. The standard InChI is InChI=1S/C9H10FNO2.ClH/c1-2-13-6-3-4-7(9(11)12)8(10)5-6;/h3-5H,2H2,1H3,(H2,11,12);1H. The number of benzene rings is 1. The second-order valence-corrected chi connectivity index (χ2v) is 2.44. The van der Waals surface area contributed by atoms with E-state index in [1.54, 1.807) is 6.92 Å². The molecule has 0 aliphatic heterocycles. The van der Waals surface area contributed by atoms with E-state index in [4.69, 9.17) is 10.5 Å². The number of ether oxygens (including phenoxy) is 1. The van der Waals surface area contributed by atoms with Crippen molar-refractivity contribution in [2.24, 2.45) is 5.73 Å². The Labute approximate surface area is 87.5 Å². The fraction of sp³-hybridized carbons (Fsp3) is 0.222. The van der Waals surface area contributed by atoms with Gasteiger partial charge in [-0.15, -0.1) is 12.4 Å². The average molecular weight is 220 g/mol. The molecular weight excluding hydrogens is 209 g/mol. The van der Waals surface area contributed by atoms with Gasteiger partial charge < -0.3 is 10.5 Å². The van der Waals surface area contributed by atoms with Gasteiger partial charge in [-0.3, -0.25) is 4.79 Å². The summed E-state index contributed by atoms with van der Waals surface area (Å²) in [5, 5.41) is 0. The van der Waals surface area contributed by atoms with Gasteiger partial charge in [0.1, 0.15) is 11.6 Å². The second-order valence-electron chi connectivity index (χ2n) is 2.44. The molecule has 1 aromatic carbocycles. The lowest BCUT2D eigenvalue weighted by Crippen LogP contribution is -2.13. The normalized spacial score (nSPS) is 9.00. The highest BCUT2D eigenvalue weighted by Crippen LogP contribution is 2.15. The molecule has 0 spiro atoms. The van der Waals surface area contributed by atoms with Crippen LogP contribution in [0.3, 0.4) is 0 Å². The third kappa shape index (κ3) is 2.88. The number of carbonyl (C=O) groups is 1. The molecule has 2 N–H and O–H groups in total. The van der Waals surface area contributed by atoms with Crippen LogP contribution in [0.15, 0.2) is 18.2 Å². The third-order valence-corrected chi connectivity index (χ3v) is 1.52. The van der Waals surface area contributed by atoms with Crippen LogP contribution in [0, 0.1) is 5.82 Å². The van der Waals surface area contributed by atoms with Gasteiger partial charge in [-0.25, -0.2) is 4.39 Å². The van der Waals surface area contributed by atoms with Gasteiger partial charge in [-0.05, 0) is 19.1 Å². The SMILES string of the molecule is CCOc1ccc(C(N)=O)c(F)c1.Cl. The number of carbonyl (C=O) groups excluding carboxylic acids is 1. The van der Waals surface area contributed by atoms with Crippen molar-refractivity contribution < 1.29 is 13.9 Å². The van der Waals surface area contributed by atoms with Gasteiger partial charge >= 0.3 is 0 Å². The van der Waals surface area contributed by atoms with Crippen LogP contribution in [0.4, 0.5) is 4.39 Å². The maximum absolute atomic E-state index is 13.0. The minimum absolute atomic E-state index is 0. The molecule has 0 radical (unpaired) electrons. The van der Waals surface area contributed by atoms with Crippen LogP contribution in [-0.4, -0.2) is 12.5 Å². The Kier molecular flexibility index (Phi) is 4.94. The maximum Gasteiger partial charge on any atom is 0.251 e. The molecule has 14 heavy (non-hydrogen) atoms. The number of hydrogen-bond acceptors (Lipinski definition) is 2. The van der Waals surface area contributed by atoms with E-state index >= 15 is 0 Å². The lowest BCUT2D eigenvalue weighted by atomic mass is 10.2. The molecule has 0 aromatic heterocycles. The second kappa shape index (κ2) is 5.44. The van der Waals surface area contributed by atoms with Crippen molar-refractivity contribution in [2.45, 2.75) is 6.92 Å². The molecule has 3 nitrogen and oxygen atoms in total. The van der Waals surface area contributed by atoms with Crippen molar-refractivity contribution in [1.82, 2.24) is 0 Å². The van der Waals surface area contributed by atoms with Crippen molar-refractivity contribution in [3.63, 3.8) is 0 Å². The van der Waals surface area contributed by atoms with E-state index in [1.807, 2.05) is 0 Å². The molecule has 78 valence electrons. The third-order valence-electron chi connectivity index (χ3n) is 1.52. The molecule has 0 saturated heterocycles. The van der Waals surface area contributed by atoms with E-state index in [0.29, 0.717) is 12.4 Å². The monoisotopic (exact) mass is 219 g/mol. The zero-order valence-corrected chi connectivity index (χ0v) is 8.44. The first-order valence-corrected chi connectivity index (χ1v) is 3.87. The maximum atomic E-state index is 13.0. The Balaban J connectivity index is 0.00000169. The Morgan fingerprint density at radius 1 is 1.57 bits per heavy atom. The molecule has 0 bridgehead atoms. The summed E-state index contributed by atoms with van der Waals surface area (Å²) in [6, 6.07) is 3.96. The quantitative estimate of drug-likeness (QED) is 0.842. The van der Waals surface area contributed by atoms with Gasteiger partial charge in [0.2, 0.25) is 0 Å². The summed E-state index contributed by atoms with van der Waals surface area (Å²) in [5.41, 5.74) is 4.80. The first-order chi connectivity index (χ1) is 6.15. The van der Waals surface area contributed by atoms with Crippen LogP contribution in [0.2, 0.25) is 0 Å². The van der Waals surface area contributed by atoms with Gasteiger partial charge in [-0.2, -0.15) is 0 Å². The minimum atomic E-state index is -0.777. The van der Waals surface area contributed by atoms with Gasteiger partial charge in [-0.1, -0.05) is 0 Å². The van der Waals surface area contributed by atoms with E-state index in [9.17, 15) is 9.18 Å². The highest BCUT2D eigenvalue weighted by Gasteiger charge is 2.08. The Bertz CT molecular complexity index is 331. The first kappa shape index (κ1) is 12.7. The lowest BCUT2D eigenvalue weighted by molar-refractivity contribution is 0.0996. The molecule has 1 amide bonds. The van der Waals surface area contributed by atoms with E-state index in [0.717, 1.165) is 6.07 Å². The minimum Gasteiger partial charge on any atom is -0.494 e. The van der Waals surface area contributed by atoms with E-state index in [1.165, 1.54) is 12.1 Å². The van der Waals surface area contributed by atoms with E-state index < -0.39 is 11.7 Å². The summed E-state index contributed by atoms with van der Waals surface area (Å²) in [4.78, 5) is 10.6. The highest BCUT2D eigenvalue weighted by atomic mass is 35.5. The Hall–Kier alpha value is -1.29. The van der Waals surface area contributed by atoms with E-state index in [2.05, 4.69) is 0 Å². The van der Waals surface area contributed by atoms with Gasteiger partial charge in [0, 0.05) is 6.07 Å². The van der Waals surface area contributed by atoms with Crippen molar-refractivity contribution in [3.05, 3.63) is 29.6 Å². The van der Waals surface area contributed by atoms with Gasteiger partial charge in [0.25, 0.3) is 5.91 Å². The van der Waals surface area contributed by atoms with Crippen molar-refractivity contribution in [3.8, 4) is 5.75 Å². The molecular formula is C9H11ClFNO2. The predicted molar refractivity (Wildman–Crippen MR) is 53.3 cm³/mol. The summed E-state index contributed by atoms with van der Waals surface area (Å²) < 4.78 is 18.1. The fourth-order valence-electron chi connectivity index (χ4n) is 0.952. The number of amides is 1. The zero-order chi connectivity index (χ0) is 9.84. The van der Waals surface area contributed by atoms with Crippen LogP contribution in [0.5, 0.6) is 5.75 Å². The smallest absolute Gasteiger partial charge is 0.251 e. The molecule has 0 aliphatic rings. The summed E-state index contributed by atoms with van der Waals surface area (Å²) in [7, 11) is 0. The number of primary amides is 1. The number of halogens is 2.